The van der Waals surface area contributed by atoms with Crippen LogP contribution in [0.2, 0.25) is 0 Å². The summed E-state index contributed by atoms with van der Waals surface area (Å²) in [6.45, 7) is 4.82. The van der Waals surface area contributed by atoms with Gasteiger partial charge in [-0.1, -0.05) is 18.2 Å². The molecule has 4 aliphatic carbocycles. The van der Waals surface area contributed by atoms with Crippen molar-refractivity contribution in [1.29, 1.82) is 0 Å². The Morgan fingerprint density at radius 1 is 0.964 bits per heavy atom. The number of hydrogen-bond acceptors (Lipinski definition) is 3. The van der Waals surface area contributed by atoms with Crippen molar-refractivity contribution in [2.45, 2.75) is 57.5 Å². The first kappa shape index (κ1) is 16.5. The monoisotopic (exact) mass is 405 g/mol. The van der Waals surface area contributed by atoms with Gasteiger partial charge in [-0.15, -0.1) is 22.7 Å². The lowest BCUT2D eigenvalue weighted by atomic mass is 9.48. The van der Waals surface area contributed by atoms with Crippen molar-refractivity contribution < 1.29 is 0 Å². The molecular weight excluding hydrogens is 378 g/mol. The van der Waals surface area contributed by atoms with E-state index in [1.165, 1.54) is 43.4 Å². The maximum absolute atomic E-state index is 2.94. The van der Waals surface area contributed by atoms with Crippen LogP contribution in [-0.4, -0.2) is 0 Å². The third-order valence-electron chi connectivity index (χ3n) is 8.66. The first-order chi connectivity index (χ1) is 13.7. The van der Waals surface area contributed by atoms with Crippen molar-refractivity contribution in [3.63, 3.8) is 0 Å². The first-order valence-corrected chi connectivity index (χ1v) is 12.7. The van der Waals surface area contributed by atoms with Gasteiger partial charge in [0.05, 0.1) is 16.3 Å². The third kappa shape index (κ3) is 1.80. The summed E-state index contributed by atoms with van der Waals surface area (Å²) in [5, 5.41) is 2.30. The maximum atomic E-state index is 2.94. The maximum Gasteiger partial charge on any atom is 0.0812 e. The van der Waals surface area contributed by atoms with E-state index in [-0.39, 0.29) is 5.54 Å². The molecule has 4 saturated carbocycles. The molecule has 0 saturated heterocycles. The van der Waals surface area contributed by atoms with E-state index in [1.807, 2.05) is 11.3 Å². The number of hydrogen-bond donors (Lipinski definition) is 0. The quantitative estimate of drug-likeness (QED) is 0.405. The SMILES string of the molecule is Cc1ccccc1N1C(C)c2c(sc3ccsc23)C12C1CC3CC(C1)CC2C3. The van der Waals surface area contributed by atoms with Crippen molar-refractivity contribution in [2.24, 2.45) is 23.7 Å². The van der Waals surface area contributed by atoms with E-state index < -0.39 is 0 Å². The van der Waals surface area contributed by atoms with Gasteiger partial charge in [0.15, 0.2) is 0 Å². The van der Waals surface area contributed by atoms with Gasteiger partial charge in [0.2, 0.25) is 0 Å². The zero-order chi connectivity index (χ0) is 18.6. The minimum absolute atomic E-state index is 0.262. The average molecular weight is 406 g/mol. The topological polar surface area (TPSA) is 3.24 Å². The number of aryl methyl sites for hydroxylation is 1. The molecule has 8 rings (SSSR count). The Morgan fingerprint density at radius 2 is 1.68 bits per heavy atom. The smallest absolute Gasteiger partial charge is 0.0812 e. The van der Waals surface area contributed by atoms with Crippen LogP contribution in [0.3, 0.4) is 0 Å². The predicted octanol–water partition coefficient (Wildman–Crippen LogP) is 7.50. The van der Waals surface area contributed by atoms with E-state index in [4.69, 9.17) is 0 Å². The fourth-order valence-electron chi connectivity index (χ4n) is 7.99. The van der Waals surface area contributed by atoms with Crippen LogP contribution in [0.5, 0.6) is 0 Å². The molecule has 1 spiro atoms. The lowest BCUT2D eigenvalue weighted by Gasteiger charge is -2.63. The van der Waals surface area contributed by atoms with Gasteiger partial charge in [0.1, 0.15) is 0 Å². The van der Waals surface area contributed by atoms with E-state index in [0.29, 0.717) is 6.04 Å². The van der Waals surface area contributed by atoms with Gasteiger partial charge in [0.25, 0.3) is 0 Å². The molecule has 1 atom stereocenters. The van der Waals surface area contributed by atoms with Crippen LogP contribution in [0.4, 0.5) is 5.69 Å². The van der Waals surface area contributed by atoms with E-state index in [1.54, 1.807) is 19.8 Å². The number of fused-ring (bicyclic) bond motifs is 3. The zero-order valence-corrected chi connectivity index (χ0v) is 18.3. The molecule has 3 heterocycles. The molecule has 1 nitrogen and oxygen atoms in total. The highest BCUT2D eigenvalue weighted by molar-refractivity contribution is 7.27. The third-order valence-corrected chi connectivity index (χ3v) is 11.0. The largest absolute Gasteiger partial charge is 0.353 e. The van der Waals surface area contributed by atoms with Crippen LogP contribution in [0.1, 0.15) is 61.1 Å². The molecule has 0 N–H and O–H groups in total. The fraction of sp³-hybridized carbons (Fsp3) is 0.520. The van der Waals surface area contributed by atoms with E-state index in [9.17, 15) is 0 Å². The standard InChI is InChI=1S/C25H27NS2/c1-14-5-3-4-6-20(14)26-15(2)22-23-21(7-8-27-23)28-24(22)25(26)18-10-16-9-17(12-18)13-19(25)11-16/h3-8,15-19H,9-13H2,1-2H3. The molecule has 1 aliphatic heterocycles. The van der Waals surface area contributed by atoms with E-state index in [0.717, 1.165) is 23.7 Å². The summed E-state index contributed by atoms with van der Waals surface area (Å²) in [6, 6.07) is 12.0. The molecule has 0 amide bonds. The highest BCUT2D eigenvalue weighted by Crippen LogP contribution is 2.70. The number of para-hydroxylation sites is 1. The van der Waals surface area contributed by atoms with Crippen molar-refractivity contribution in [3.8, 4) is 0 Å². The number of rotatable bonds is 1. The summed E-state index contributed by atoms with van der Waals surface area (Å²) >= 11 is 4.12. The molecule has 28 heavy (non-hydrogen) atoms. The van der Waals surface area contributed by atoms with E-state index >= 15 is 0 Å². The van der Waals surface area contributed by atoms with Gasteiger partial charge in [-0.2, -0.15) is 0 Å². The second-order valence-corrected chi connectivity index (χ2v) is 11.9. The van der Waals surface area contributed by atoms with Gasteiger partial charge in [-0.25, -0.2) is 0 Å². The summed E-state index contributed by atoms with van der Waals surface area (Å²) in [6.07, 6.45) is 7.38. The number of thiophene rings is 2. The summed E-state index contributed by atoms with van der Waals surface area (Å²) in [5.74, 6) is 3.71. The van der Waals surface area contributed by atoms with Crippen LogP contribution < -0.4 is 4.90 Å². The molecule has 0 radical (unpaired) electrons. The van der Waals surface area contributed by atoms with Crippen molar-refractivity contribution in [2.75, 3.05) is 4.90 Å². The summed E-state index contributed by atoms with van der Waals surface area (Å²) in [4.78, 5) is 4.70. The van der Waals surface area contributed by atoms with E-state index in [2.05, 4.69) is 65.8 Å². The van der Waals surface area contributed by atoms with Crippen LogP contribution in [0.25, 0.3) is 9.40 Å². The first-order valence-electron chi connectivity index (χ1n) is 11.0. The summed E-state index contributed by atoms with van der Waals surface area (Å²) in [5.41, 5.74) is 4.89. The average Bonchev–Trinajstić information content (AvgIpc) is 3.31. The molecule has 4 bridgehead atoms. The molecule has 144 valence electrons. The van der Waals surface area contributed by atoms with Gasteiger partial charge in [-0.3, -0.25) is 0 Å². The number of anilines is 1. The molecule has 3 heteroatoms. The predicted molar refractivity (Wildman–Crippen MR) is 120 cm³/mol. The highest BCUT2D eigenvalue weighted by Gasteiger charge is 2.65. The Bertz CT molecular complexity index is 1060. The lowest BCUT2D eigenvalue weighted by Crippen LogP contribution is -2.62. The second kappa shape index (κ2) is 5.43. The molecular formula is C25H27NS2. The van der Waals surface area contributed by atoms with Crippen LogP contribution in [0.15, 0.2) is 35.7 Å². The van der Waals surface area contributed by atoms with Gasteiger partial charge < -0.3 is 4.90 Å². The molecule has 2 aromatic heterocycles. The minimum atomic E-state index is 0.262. The van der Waals surface area contributed by atoms with Crippen LogP contribution >= 0.6 is 22.7 Å². The fourth-order valence-corrected chi connectivity index (χ4v) is 10.9. The Balaban J connectivity index is 1.54. The Labute approximate surface area is 175 Å². The summed E-state index contributed by atoms with van der Waals surface area (Å²) in [7, 11) is 0. The van der Waals surface area contributed by atoms with Crippen molar-refractivity contribution >= 4 is 37.8 Å². The van der Waals surface area contributed by atoms with Crippen LogP contribution in [-0.2, 0) is 5.54 Å². The Kier molecular flexibility index (Phi) is 3.19. The molecule has 3 aromatic rings. The van der Waals surface area contributed by atoms with Gasteiger partial charge in [0, 0.05) is 20.8 Å². The lowest BCUT2D eigenvalue weighted by molar-refractivity contribution is -0.0588. The molecule has 1 unspecified atom stereocenters. The molecule has 1 aromatic carbocycles. The zero-order valence-electron chi connectivity index (χ0n) is 16.7. The van der Waals surface area contributed by atoms with Crippen molar-refractivity contribution in [1.82, 2.24) is 0 Å². The van der Waals surface area contributed by atoms with Crippen molar-refractivity contribution in [3.05, 3.63) is 51.7 Å². The highest BCUT2D eigenvalue weighted by atomic mass is 32.1. The summed E-state index contributed by atoms with van der Waals surface area (Å²) < 4.78 is 3.12. The normalized spacial score (nSPS) is 38.1. The Morgan fingerprint density at radius 3 is 2.39 bits per heavy atom. The Hall–Kier alpha value is -1.32. The molecule has 5 aliphatic rings. The van der Waals surface area contributed by atoms with Gasteiger partial charge >= 0.3 is 0 Å². The molecule has 4 fully saturated rings. The second-order valence-electron chi connectivity index (χ2n) is 9.92. The van der Waals surface area contributed by atoms with Crippen LogP contribution in [0, 0.1) is 30.6 Å². The number of benzene rings is 1. The van der Waals surface area contributed by atoms with Gasteiger partial charge in [-0.05, 0) is 92.7 Å². The minimum Gasteiger partial charge on any atom is -0.353 e. The number of nitrogens with zero attached hydrogens (tertiary/aromatic N) is 1.